The molecule has 1 saturated heterocycles. The van der Waals surface area contributed by atoms with Crippen molar-refractivity contribution in [2.24, 2.45) is 0 Å². The molecule has 0 saturated carbocycles. The van der Waals surface area contributed by atoms with Gasteiger partial charge < -0.3 is 19.5 Å². The summed E-state index contributed by atoms with van der Waals surface area (Å²) in [7, 11) is -2.40. The molecule has 1 fully saturated rings. The molecule has 0 aromatic carbocycles. The summed E-state index contributed by atoms with van der Waals surface area (Å²) >= 11 is 0. The van der Waals surface area contributed by atoms with Gasteiger partial charge in [-0.2, -0.15) is 4.31 Å². The molecule has 2 heterocycles. The Labute approximate surface area is 153 Å². The highest BCUT2D eigenvalue weighted by Crippen LogP contribution is 2.27. The van der Waals surface area contributed by atoms with Crippen LogP contribution in [0.15, 0.2) is 17.2 Å². The van der Waals surface area contributed by atoms with Crippen molar-refractivity contribution in [3.05, 3.63) is 17.8 Å². The average Bonchev–Trinajstić information content (AvgIpc) is 2.64. The number of sulfonamides is 1. The zero-order valence-corrected chi connectivity index (χ0v) is 15.9. The number of pyridine rings is 1. The van der Waals surface area contributed by atoms with E-state index < -0.39 is 21.6 Å². The zero-order valence-electron chi connectivity index (χ0n) is 15.0. The van der Waals surface area contributed by atoms with Crippen molar-refractivity contribution in [2.75, 3.05) is 53.0 Å². The highest BCUT2D eigenvalue weighted by Gasteiger charge is 2.33. The molecule has 0 atom stereocenters. The topological polar surface area (TPSA) is 109 Å². The lowest BCUT2D eigenvalue weighted by Crippen LogP contribution is -2.48. The third kappa shape index (κ3) is 4.70. The fraction of sp³-hybridized carbons (Fsp3) is 0.625. The average molecular weight is 387 g/mol. The van der Waals surface area contributed by atoms with Crippen LogP contribution in [-0.4, -0.2) is 86.7 Å². The van der Waals surface area contributed by atoms with E-state index in [9.17, 15) is 18.3 Å². The first-order valence-electron chi connectivity index (χ1n) is 8.48. The molecule has 0 radical (unpaired) electrons. The molecule has 26 heavy (non-hydrogen) atoms. The van der Waals surface area contributed by atoms with Crippen molar-refractivity contribution in [2.45, 2.75) is 18.2 Å². The molecule has 0 amide bonds. The van der Waals surface area contributed by atoms with E-state index in [1.807, 2.05) is 6.92 Å². The molecule has 1 aliphatic heterocycles. The monoisotopic (exact) mass is 387 g/mol. The number of carbonyl (C=O) groups is 1. The van der Waals surface area contributed by atoms with Crippen molar-refractivity contribution in [1.29, 1.82) is 0 Å². The van der Waals surface area contributed by atoms with E-state index in [0.29, 0.717) is 39.2 Å². The predicted molar refractivity (Wildman–Crippen MR) is 94.1 cm³/mol. The van der Waals surface area contributed by atoms with Gasteiger partial charge in [0.1, 0.15) is 10.5 Å². The number of likely N-dealkylation sites (N-methyl/N-ethyl adjacent to an activating group) is 1. The van der Waals surface area contributed by atoms with Crippen molar-refractivity contribution in [3.63, 3.8) is 0 Å². The Hall–Kier alpha value is -1.75. The summed E-state index contributed by atoms with van der Waals surface area (Å²) in [5.74, 6) is -1.58. The summed E-state index contributed by atoms with van der Waals surface area (Å²) in [6.07, 6.45) is 1.79. The van der Waals surface area contributed by atoms with E-state index in [2.05, 4.69) is 9.88 Å². The van der Waals surface area contributed by atoms with E-state index in [-0.39, 0.29) is 17.4 Å². The van der Waals surface area contributed by atoms with Gasteiger partial charge >= 0.3 is 5.97 Å². The quantitative estimate of drug-likeness (QED) is 0.611. The summed E-state index contributed by atoms with van der Waals surface area (Å²) in [5.41, 5.74) is -0.428. The Morgan fingerprint density at radius 1 is 1.27 bits per heavy atom. The number of hydrogen-bond donors (Lipinski definition) is 1. The highest BCUT2D eigenvalue weighted by atomic mass is 32.2. The molecule has 0 spiro atoms. The molecular formula is C16H25N3O6S. The number of methoxy groups -OCH3 is 1. The number of piperazine rings is 1. The molecule has 10 heteroatoms. The molecule has 1 aromatic heterocycles. The number of hydrogen-bond acceptors (Lipinski definition) is 7. The Bertz CT molecular complexity index is 717. The lowest BCUT2D eigenvalue weighted by molar-refractivity contribution is 0.0685. The lowest BCUT2D eigenvalue weighted by Gasteiger charge is -2.33. The van der Waals surface area contributed by atoms with Crippen LogP contribution in [-0.2, 0) is 14.8 Å². The van der Waals surface area contributed by atoms with Gasteiger partial charge in [-0.1, -0.05) is 6.92 Å². The third-order valence-corrected chi connectivity index (χ3v) is 6.16. The molecule has 0 bridgehead atoms. The molecule has 1 N–H and O–H groups in total. The van der Waals surface area contributed by atoms with Crippen LogP contribution in [0, 0.1) is 0 Å². The van der Waals surface area contributed by atoms with Crippen LogP contribution in [0.4, 0.5) is 0 Å². The second-order valence-electron chi connectivity index (χ2n) is 5.83. The molecule has 1 aliphatic rings. The number of aromatic carboxylic acids is 1. The number of carboxylic acids is 1. The minimum Gasteiger partial charge on any atom is -0.477 e. The van der Waals surface area contributed by atoms with Crippen LogP contribution in [0.1, 0.15) is 23.7 Å². The van der Waals surface area contributed by atoms with E-state index in [1.165, 1.54) is 16.6 Å². The third-order valence-electron chi connectivity index (χ3n) is 4.22. The van der Waals surface area contributed by atoms with Gasteiger partial charge in [-0.25, -0.2) is 18.2 Å². The fourth-order valence-corrected chi connectivity index (χ4v) is 4.33. The second kappa shape index (κ2) is 9.26. The minimum absolute atomic E-state index is 0.180. The summed E-state index contributed by atoms with van der Waals surface area (Å²) in [5, 5.41) is 9.56. The van der Waals surface area contributed by atoms with Gasteiger partial charge in [0, 0.05) is 52.5 Å². The van der Waals surface area contributed by atoms with Crippen LogP contribution in [0.25, 0.3) is 0 Å². The van der Waals surface area contributed by atoms with Gasteiger partial charge in [0.05, 0.1) is 6.61 Å². The second-order valence-corrected chi connectivity index (χ2v) is 7.73. The van der Waals surface area contributed by atoms with Crippen LogP contribution < -0.4 is 4.74 Å². The molecule has 9 nitrogen and oxygen atoms in total. The van der Waals surface area contributed by atoms with E-state index >= 15 is 0 Å². The van der Waals surface area contributed by atoms with Gasteiger partial charge in [-0.15, -0.1) is 0 Å². The van der Waals surface area contributed by atoms with Gasteiger partial charge in [0.2, 0.25) is 15.9 Å². The molecule has 2 rings (SSSR count). The summed E-state index contributed by atoms with van der Waals surface area (Å²) in [4.78, 5) is 17.5. The molecular weight excluding hydrogens is 362 g/mol. The van der Waals surface area contributed by atoms with Crippen molar-refractivity contribution in [1.82, 2.24) is 14.2 Å². The van der Waals surface area contributed by atoms with Gasteiger partial charge in [-0.3, -0.25) is 0 Å². The largest absolute Gasteiger partial charge is 0.477 e. The van der Waals surface area contributed by atoms with E-state index in [1.54, 1.807) is 7.11 Å². The summed E-state index contributed by atoms with van der Waals surface area (Å²) in [6, 6.07) is 1.22. The van der Waals surface area contributed by atoms with Crippen molar-refractivity contribution in [3.8, 4) is 5.88 Å². The van der Waals surface area contributed by atoms with Crippen LogP contribution >= 0.6 is 0 Å². The Balaban J connectivity index is 2.28. The normalized spacial score (nSPS) is 16.5. The number of carboxylic acid groups (broad SMARTS) is 1. The van der Waals surface area contributed by atoms with Gasteiger partial charge in [-0.05, 0) is 12.6 Å². The summed E-state index contributed by atoms with van der Waals surface area (Å²) < 4.78 is 37.6. The smallest absolute Gasteiger partial charge is 0.342 e. The molecule has 0 aliphatic carbocycles. The SMILES string of the molecule is CCN1CCN(S(=O)(=O)c2ccnc(OCCCOC)c2C(=O)O)CC1. The van der Waals surface area contributed by atoms with Crippen LogP contribution in [0.3, 0.4) is 0 Å². The number of ether oxygens (including phenoxy) is 2. The maximum absolute atomic E-state index is 13.0. The predicted octanol–water partition coefficient (Wildman–Crippen LogP) is 0.521. The zero-order chi connectivity index (χ0) is 19.2. The standard InChI is InChI=1S/C16H25N3O6S/c1-3-18-7-9-19(10-8-18)26(22,23)13-5-6-17-15(14(13)16(20)21)25-12-4-11-24-2/h5-6H,3-4,7-12H2,1-2H3,(H,20,21). The Morgan fingerprint density at radius 3 is 2.54 bits per heavy atom. The van der Waals surface area contributed by atoms with E-state index in [4.69, 9.17) is 9.47 Å². The summed E-state index contributed by atoms with van der Waals surface area (Å²) in [6.45, 7) is 5.37. The molecule has 0 unspecified atom stereocenters. The highest BCUT2D eigenvalue weighted by molar-refractivity contribution is 7.89. The minimum atomic E-state index is -3.95. The first-order chi connectivity index (χ1) is 12.4. The van der Waals surface area contributed by atoms with Gasteiger partial charge in [0.15, 0.2) is 0 Å². The Kier molecular flexibility index (Phi) is 7.33. The van der Waals surface area contributed by atoms with Crippen LogP contribution in [0.2, 0.25) is 0 Å². The molecule has 1 aromatic rings. The maximum atomic E-state index is 13.0. The Morgan fingerprint density at radius 2 is 1.96 bits per heavy atom. The van der Waals surface area contributed by atoms with Crippen molar-refractivity contribution >= 4 is 16.0 Å². The lowest BCUT2D eigenvalue weighted by atomic mass is 10.3. The van der Waals surface area contributed by atoms with Crippen LogP contribution in [0.5, 0.6) is 5.88 Å². The maximum Gasteiger partial charge on any atom is 0.342 e. The molecule has 146 valence electrons. The first-order valence-corrected chi connectivity index (χ1v) is 9.92. The van der Waals surface area contributed by atoms with E-state index in [0.717, 1.165) is 6.54 Å². The fourth-order valence-electron chi connectivity index (χ4n) is 2.74. The number of rotatable bonds is 9. The number of nitrogens with zero attached hydrogens (tertiary/aromatic N) is 3. The van der Waals surface area contributed by atoms with Gasteiger partial charge in [0.25, 0.3) is 0 Å². The first kappa shape index (κ1) is 20.6. The van der Waals surface area contributed by atoms with Crippen molar-refractivity contribution < 1.29 is 27.8 Å². The number of aromatic nitrogens is 1.